The number of halogens is 1. The fourth-order valence-electron chi connectivity index (χ4n) is 2.39. The molecule has 17 heavy (non-hydrogen) atoms. The molecule has 1 aromatic rings. The quantitative estimate of drug-likeness (QED) is 0.886. The predicted octanol–water partition coefficient (Wildman–Crippen LogP) is 3.17. The largest absolute Gasteiger partial charge is 0.375 e. The number of hydrogen-bond acceptors (Lipinski definition) is 2. The lowest BCUT2D eigenvalue weighted by Crippen LogP contribution is -2.30. The monoisotopic (exact) mass is 252 g/mol. The van der Waals surface area contributed by atoms with Gasteiger partial charge in [0.15, 0.2) is 0 Å². The minimum Gasteiger partial charge on any atom is -0.375 e. The fraction of sp³-hybridized carbons (Fsp3) is 0.571. The summed E-state index contributed by atoms with van der Waals surface area (Å²) in [6, 6.07) is 8.09. The van der Waals surface area contributed by atoms with Crippen LogP contribution >= 0.6 is 11.6 Å². The maximum Gasteiger partial charge on any atom is 0.0426 e. The topological polar surface area (TPSA) is 15.3 Å². The summed E-state index contributed by atoms with van der Waals surface area (Å²) in [6.07, 6.45) is 3.93. The highest BCUT2D eigenvalue weighted by Gasteiger charge is 2.13. The summed E-state index contributed by atoms with van der Waals surface area (Å²) >= 11 is 6.00. The molecule has 3 heteroatoms. The van der Waals surface area contributed by atoms with Crippen molar-refractivity contribution in [1.29, 1.82) is 0 Å². The van der Waals surface area contributed by atoms with Gasteiger partial charge in [0.05, 0.1) is 0 Å². The van der Waals surface area contributed by atoms with Gasteiger partial charge in [-0.15, -0.1) is 0 Å². The summed E-state index contributed by atoms with van der Waals surface area (Å²) in [5.41, 5.74) is 1.21. The lowest BCUT2D eigenvalue weighted by atomic mass is 9.94. The Bertz CT molecular complexity index is 348. The Morgan fingerprint density at radius 1 is 1.35 bits per heavy atom. The van der Waals surface area contributed by atoms with Crippen LogP contribution in [-0.2, 0) is 0 Å². The molecule has 1 heterocycles. The van der Waals surface area contributed by atoms with Crippen LogP contribution < -0.4 is 10.2 Å². The van der Waals surface area contributed by atoms with Gasteiger partial charge in [-0.2, -0.15) is 0 Å². The first-order chi connectivity index (χ1) is 8.25. The van der Waals surface area contributed by atoms with Crippen molar-refractivity contribution in [2.75, 3.05) is 31.6 Å². The Morgan fingerprint density at radius 2 is 2.12 bits per heavy atom. The first-order valence-electron chi connectivity index (χ1n) is 6.43. The van der Waals surface area contributed by atoms with E-state index in [-0.39, 0.29) is 0 Å². The molecular weight excluding hydrogens is 232 g/mol. The third kappa shape index (κ3) is 3.90. The van der Waals surface area contributed by atoms with Crippen molar-refractivity contribution in [3.05, 3.63) is 29.3 Å². The zero-order valence-electron chi connectivity index (χ0n) is 10.5. The number of nitrogens with one attached hydrogen (secondary N) is 1. The van der Waals surface area contributed by atoms with Crippen LogP contribution in [0, 0.1) is 5.92 Å². The summed E-state index contributed by atoms with van der Waals surface area (Å²) in [5.74, 6) is 0.887. The molecule has 1 fully saturated rings. The van der Waals surface area contributed by atoms with E-state index in [2.05, 4.69) is 23.3 Å². The van der Waals surface area contributed by atoms with Crippen LogP contribution in [0.1, 0.15) is 19.3 Å². The second-order valence-corrected chi connectivity index (χ2v) is 5.32. The zero-order valence-corrected chi connectivity index (χ0v) is 11.2. The van der Waals surface area contributed by atoms with Crippen molar-refractivity contribution >= 4 is 17.3 Å². The molecule has 2 nitrogen and oxygen atoms in total. The molecule has 0 amide bonds. The van der Waals surface area contributed by atoms with Gasteiger partial charge in [-0.1, -0.05) is 17.7 Å². The van der Waals surface area contributed by atoms with Crippen LogP contribution in [0.2, 0.25) is 5.02 Å². The number of hydrogen-bond donors (Lipinski definition) is 1. The van der Waals surface area contributed by atoms with Crippen molar-refractivity contribution in [2.45, 2.75) is 19.3 Å². The van der Waals surface area contributed by atoms with E-state index in [9.17, 15) is 0 Å². The van der Waals surface area contributed by atoms with Gasteiger partial charge < -0.3 is 10.2 Å². The van der Waals surface area contributed by atoms with Gasteiger partial charge in [0, 0.05) is 24.3 Å². The second-order valence-electron chi connectivity index (χ2n) is 4.88. The Morgan fingerprint density at radius 3 is 2.82 bits per heavy atom. The van der Waals surface area contributed by atoms with Gasteiger partial charge in [0.2, 0.25) is 0 Å². The van der Waals surface area contributed by atoms with Crippen molar-refractivity contribution < 1.29 is 0 Å². The molecule has 0 atom stereocenters. The second kappa shape index (κ2) is 6.27. The molecule has 1 aliphatic rings. The third-order valence-corrected chi connectivity index (χ3v) is 3.82. The van der Waals surface area contributed by atoms with Gasteiger partial charge >= 0.3 is 0 Å². The molecule has 1 saturated heterocycles. The van der Waals surface area contributed by atoms with E-state index in [4.69, 9.17) is 11.6 Å². The number of rotatable bonds is 4. The summed E-state index contributed by atoms with van der Waals surface area (Å²) in [4.78, 5) is 2.30. The SMILES string of the molecule is CN(CCC1CCNCC1)c1cccc(Cl)c1. The summed E-state index contributed by atoms with van der Waals surface area (Å²) in [7, 11) is 2.15. The molecule has 0 saturated carbocycles. The van der Waals surface area contributed by atoms with Crippen molar-refractivity contribution in [3.63, 3.8) is 0 Å². The van der Waals surface area contributed by atoms with Gasteiger partial charge in [-0.25, -0.2) is 0 Å². The number of benzene rings is 1. The molecule has 0 unspecified atom stereocenters. The first-order valence-corrected chi connectivity index (χ1v) is 6.81. The predicted molar refractivity (Wildman–Crippen MR) is 74.9 cm³/mol. The van der Waals surface area contributed by atoms with Crippen molar-refractivity contribution in [1.82, 2.24) is 5.32 Å². The molecule has 0 radical (unpaired) electrons. The number of nitrogens with zero attached hydrogens (tertiary/aromatic N) is 1. The van der Waals surface area contributed by atoms with Crippen LogP contribution in [0.15, 0.2) is 24.3 Å². The normalized spacial score (nSPS) is 17.1. The van der Waals surface area contributed by atoms with Gasteiger partial charge in [-0.05, 0) is 56.5 Å². The maximum atomic E-state index is 6.00. The molecule has 0 spiro atoms. The smallest absolute Gasteiger partial charge is 0.0426 e. The summed E-state index contributed by atoms with van der Waals surface area (Å²) < 4.78 is 0. The molecular formula is C14H21ClN2. The van der Waals surface area contributed by atoms with Crippen LogP contribution in [0.25, 0.3) is 0 Å². The van der Waals surface area contributed by atoms with Crippen LogP contribution in [-0.4, -0.2) is 26.7 Å². The maximum absolute atomic E-state index is 6.00. The highest BCUT2D eigenvalue weighted by molar-refractivity contribution is 6.30. The van der Waals surface area contributed by atoms with E-state index in [1.165, 1.54) is 38.0 Å². The Balaban J connectivity index is 1.82. The van der Waals surface area contributed by atoms with Gasteiger partial charge in [0.1, 0.15) is 0 Å². The summed E-state index contributed by atoms with van der Waals surface area (Å²) in [6.45, 7) is 3.49. The fourth-order valence-corrected chi connectivity index (χ4v) is 2.57. The number of anilines is 1. The van der Waals surface area contributed by atoms with Crippen LogP contribution in [0.3, 0.4) is 0 Å². The van der Waals surface area contributed by atoms with E-state index in [1.54, 1.807) is 0 Å². The molecule has 2 rings (SSSR count). The highest BCUT2D eigenvalue weighted by atomic mass is 35.5. The molecule has 1 aromatic carbocycles. The average molecular weight is 253 g/mol. The van der Waals surface area contributed by atoms with E-state index >= 15 is 0 Å². The van der Waals surface area contributed by atoms with Crippen molar-refractivity contribution in [3.8, 4) is 0 Å². The van der Waals surface area contributed by atoms with Gasteiger partial charge in [0.25, 0.3) is 0 Å². The number of piperidine rings is 1. The molecule has 0 aliphatic carbocycles. The van der Waals surface area contributed by atoms with E-state index in [0.29, 0.717) is 0 Å². The summed E-state index contributed by atoms with van der Waals surface area (Å²) in [5, 5.41) is 4.23. The first kappa shape index (κ1) is 12.7. The average Bonchev–Trinajstić information content (AvgIpc) is 2.37. The van der Waals surface area contributed by atoms with Crippen molar-refractivity contribution in [2.24, 2.45) is 5.92 Å². The lowest BCUT2D eigenvalue weighted by molar-refractivity contribution is 0.356. The Kier molecular flexibility index (Phi) is 4.69. The Labute approximate surface area is 109 Å². The van der Waals surface area contributed by atoms with Crippen LogP contribution in [0.5, 0.6) is 0 Å². The lowest BCUT2D eigenvalue weighted by Gasteiger charge is -2.26. The minimum absolute atomic E-state index is 0.816. The Hall–Kier alpha value is -0.730. The third-order valence-electron chi connectivity index (χ3n) is 3.58. The van der Waals surface area contributed by atoms with E-state index in [0.717, 1.165) is 17.5 Å². The van der Waals surface area contributed by atoms with Crippen LogP contribution in [0.4, 0.5) is 5.69 Å². The molecule has 1 aliphatic heterocycles. The van der Waals surface area contributed by atoms with E-state index < -0.39 is 0 Å². The molecule has 0 bridgehead atoms. The molecule has 1 N–H and O–H groups in total. The zero-order chi connectivity index (χ0) is 12.1. The van der Waals surface area contributed by atoms with E-state index in [1.807, 2.05) is 18.2 Å². The minimum atomic E-state index is 0.816. The van der Waals surface area contributed by atoms with Gasteiger partial charge in [-0.3, -0.25) is 0 Å². The molecule has 0 aromatic heterocycles. The highest BCUT2D eigenvalue weighted by Crippen LogP contribution is 2.21. The standard InChI is InChI=1S/C14H21ClN2/c1-17(14-4-2-3-13(15)11-14)10-7-12-5-8-16-9-6-12/h2-4,11-12,16H,5-10H2,1H3. The molecule has 94 valence electrons.